The number of thiophene rings is 1. The van der Waals surface area contributed by atoms with Gasteiger partial charge in [-0.05, 0) is 48.6 Å². The summed E-state index contributed by atoms with van der Waals surface area (Å²) in [5, 5.41) is 2.93. The molecule has 2 rings (SSSR count). The molecule has 0 saturated heterocycles. The average molecular weight is 394 g/mol. The van der Waals surface area contributed by atoms with E-state index in [2.05, 4.69) is 5.32 Å². The first kappa shape index (κ1) is 20.1. The van der Waals surface area contributed by atoms with Gasteiger partial charge in [0, 0.05) is 18.7 Å². The van der Waals surface area contributed by atoms with E-state index in [9.17, 15) is 4.79 Å². The molecule has 0 bridgehead atoms. The number of benzene rings is 1. The molecule has 7 heteroatoms. The second kappa shape index (κ2) is 10.0. The Labute approximate surface area is 156 Å². The van der Waals surface area contributed by atoms with Gasteiger partial charge in [0.05, 0.1) is 8.67 Å². The standard InChI is InChI=1S/C16H18Cl2N2OS.ClH/c17-14-10-12(16(18)22-14)2-1-3-15(21)20-9-8-11-4-6-13(19)7-5-11;/h4-7,10H,1-3,8-9,19H2,(H,20,21);1H. The Hall–Kier alpha value is -0.940. The maximum Gasteiger partial charge on any atom is 0.220 e. The van der Waals surface area contributed by atoms with E-state index >= 15 is 0 Å². The van der Waals surface area contributed by atoms with Crippen LogP contribution in [0.15, 0.2) is 30.3 Å². The zero-order valence-electron chi connectivity index (χ0n) is 12.5. The Morgan fingerprint density at radius 1 is 1.17 bits per heavy atom. The SMILES string of the molecule is Cl.Nc1ccc(CCNC(=O)CCCc2cc(Cl)sc2Cl)cc1. The topological polar surface area (TPSA) is 55.1 Å². The van der Waals surface area contributed by atoms with E-state index in [4.69, 9.17) is 28.9 Å². The van der Waals surface area contributed by atoms with Crippen molar-refractivity contribution in [2.45, 2.75) is 25.7 Å². The third-order valence-corrected chi connectivity index (χ3v) is 4.86. The number of aryl methyl sites for hydroxylation is 1. The molecule has 0 aliphatic heterocycles. The maximum absolute atomic E-state index is 11.8. The number of halogens is 3. The zero-order chi connectivity index (χ0) is 15.9. The molecule has 1 aromatic heterocycles. The highest BCUT2D eigenvalue weighted by Crippen LogP contribution is 2.31. The molecule has 2 aromatic rings. The summed E-state index contributed by atoms with van der Waals surface area (Å²) < 4.78 is 1.40. The zero-order valence-corrected chi connectivity index (χ0v) is 15.6. The first-order valence-electron chi connectivity index (χ1n) is 7.09. The van der Waals surface area contributed by atoms with E-state index in [0.717, 1.165) is 36.1 Å². The number of carbonyl (C=O) groups is 1. The number of carbonyl (C=O) groups excluding carboxylic acids is 1. The highest BCUT2D eigenvalue weighted by molar-refractivity contribution is 7.20. The van der Waals surface area contributed by atoms with Crippen molar-refractivity contribution in [3.8, 4) is 0 Å². The number of nitrogens with one attached hydrogen (secondary N) is 1. The molecular weight excluding hydrogens is 375 g/mol. The summed E-state index contributed by atoms with van der Waals surface area (Å²) >= 11 is 13.3. The van der Waals surface area contributed by atoms with Crippen LogP contribution in [0.4, 0.5) is 5.69 Å². The third kappa shape index (κ3) is 7.00. The van der Waals surface area contributed by atoms with Crippen LogP contribution in [-0.2, 0) is 17.6 Å². The second-order valence-corrected chi connectivity index (χ2v) is 7.33. The summed E-state index contributed by atoms with van der Waals surface area (Å²) in [6.07, 6.45) is 2.83. The van der Waals surface area contributed by atoms with Gasteiger partial charge in [0.1, 0.15) is 0 Å². The van der Waals surface area contributed by atoms with Crippen molar-refractivity contribution in [3.05, 3.63) is 50.1 Å². The number of nitrogen functional groups attached to an aromatic ring is 1. The first-order chi connectivity index (χ1) is 10.5. The third-order valence-electron chi connectivity index (χ3n) is 3.29. The monoisotopic (exact) mass is 392 g/mol. The molecular formula is C16H19Cl3N2OS. The second-order valence-electron chi connectivity index (χ2n) is 5.04. The molecule has 3 nitrogen and oxygen atoms in total. The van der Waals surface area contributed by atoms with Gasteiger partial charge in [-0.25, -0.2) is 0 Å². The summed E-state index contributed by atoms with van der Waals surface area (Å²) in [6, 6.07) is 9.56. The van der Waals surface area contributed by atoms with Gasteiger partial charge in [0.25, 0.3) is 0 Å². The van der Waals surface area contributed by atoms with Crippen molar-refractivity contribution in [3.63, 3.8) is 0 Å². The molecule has 0 fully saturated rings. The molecule has 23 heavy (non-hydrogen) atoms. The number of hydrogen-bond donors (Lipinski definition) is 2. The van der Waals surface area contributed by atoms with E-state index in [0.29, 0.717) is 21.6 Å². The average Bonchev–Trinajstić information content (AvgIpc) is 2.79. The molecule has 0 unspecified atom stereocenters. The summed E-state index contributed by atoms with van der Waals surface area (Å²) in [5.41, 5.74) is 8.56. The van der Waals surface area contributed by atoms with E-state index in [1.165, 1.54) is 11.3 Å². The number of nitrogens with two attached hydrogens (primary N) is 1. The quantitative estimate of drug-likeness (QED) is 0.667. The van der Waals surface area contributed by atoms with Crippen molar-refractivity contribution >= 4 is 58.5 Å². The van der Waals surface area contributed by atoms with Crippen molar-refractivity contribution in [2.75, 3.05) is 12.3 Å². The number of anilines is 1. The van der Waals surface area contributed by atoms with Gasteiger partial charge >= 0.3 is 0 Å². The molecule has 0 atom stereocenters. The number of amides is 1. The first-order valence-corrected chi connectivity index (χ1v) is 8.66. The van der Waals surface area contributed by atoms with Crippen LogP contribution >= 0.6 is 46.9 Å². The van der Waals surface area contributed by atoms with E-state index in [-0.39, 0.29) is 18.3 Å². The van der Waals surface area contributed by atoms with Crippen LogP contribution in [0.2, 0.25) is 8.67 Å². The normalized spacial score (nSPS) is 10.2. The molecule has 0 aliphatic rings. The van der Waals surface area contributed by atoms with Gasteiger partial charge in [-0.1, -0.05) is 35.3 Å². The maximum atomic E-state index is 11.8. The van der Waals surface area contributed by atoms with Gasteiger partial charge in [-0.2, -0.15) is 0 Å². The van der Waals surface area contributed by atoms with Gasteiger partial charge < -0.3 is 11.1 Å². The van der Waals surface area contributed by atoms with Gasteiger partial charge in [0.2, 0.25) is 5.91 Å². The number of rotatable bonds is 7. The molecule has 1 aromatic carbocycles. The molecule has 1 amide bonds. The lowest BCUT2D eigenvalue weighted by molar-refractivity contribution is -0.121. The predicted octanol–water partition coefficient (Wildman–Crippen LogP) is 4.74. The molecule has 0 aliphatic carbocycles. The van der Waals surface area contributed by atoms with Crippen molar-refractivity contribution in [1.82, 2.24) is 5.32 Å². The largest absolute Gasteiger partial charge is 0.399 e. The van der Waals surface area contributed by atoms with Gasteiger partial charge in [-0.3, -0.25) is 4.79 Å². The fourth-order valence-corrected chi connectivity index (χ4v) is 3.65. The van der Waals surface area contributed by atoms with Crippen LogP contribution in [0.1, 0.15) is 24.0 Å². The Balaban J connectivity index is 0.00000264. The lowest BCUT2D eigenvalue weighted by Crippen LogP contribution is -2.25. The van der Waals surface area contributed by atoms with Crippen molar-refractivity contribution in [2.24, 2.45) is 0 Å². The predicted molar refractivity (Wildman–Crippen MR) is 102 cm³/mol. The van der Waals surface area contributed by atoms with Crippen LogP contribution in [0, 0.1) is 0 Å². The Morgan fingerprint density at radius 2 is 1.87 bits per heavy atom. The summed E-state index contributed by atoms with van der Waals surface area (Å²) in [5.74, 6) is 0.0629. The summed E-state index contributed by atoms with van der Waals surface area (Å²) in [6.45, 7) is 0.633. The highest BCUT2D eigenvalue weighted by atomic mass is 35.5. The van der Waals surface area contributed by atoms with Gasteiger partial charge in [0.15, 0.2) is 0 Å². The van der Waals surface area contributed by atoms with Gasteiger partial charge in [-0.15, -0.1) is 23.7 Å². The van der Waals surface area contributed by atoms with Crippen molar-refractivity contribution in [1.29, 1.82) is 0 Å². The summed E-state index contributed by atoms with van der Waals surface area (Å²) in [4.78, 5) is 11.8. The Morgan fingerprint density at radius 3 is 2.48 bits per heavy atom. The minimum absolute atomic E-state index is 0. The van der Waals surface area contributed by atoms with Crippen LogP contribution in [0.5, 0.6) is 0 Å². The van der Waals surface area contributed by atoms with Crippen LogP contribution in [-0.4, -0.2) is 12.5 Å². The summed E-state index contributed by atoms with van der Waals surface area (Å²) in [7, 11) is 0. The van der Waals surface area contributed by atoms with Crippen molar-refractivity contribution < 1.29 is 4.79 Å². The fourth-order valence-electron chi connectivity index (χ4n) is 2.10. The lowest BCUT2D eigenvalue weighted by atomic mass is 10.1. The molecule has 0 saturated carbocycles. The van der Waals surface area contributed by atoms with Crippen LogP contribution < -0.4 is 11.1 Å². The molecule has 126 valence electrons. The lowest BCUT2D eigenvalue weighted by Gasteiger charge is -2.05. The molecule has 0 radical (unpaired) electrons. The molecule has 3 N–H and O–H groups in total. The van der Waals surface area contributed by atoms with E-state index < -0.39 is 0 Å². The van der Waals surface area contributed by atoms with E-state index in [1.54, 1.807) is 0 Å². The van der Waals surface area contributed by atoms with Crippen LogP contribution in [0.25, 0.3) is 0 Å². The smallest absolute Gasteiger partial charge is 0.220 e. The molecule has 0 spiro atoms. The molecule has 1 heterocycles. The number of hydrogen-bond acceptors (Lipinski definition) is 3. The minimum atomic E-state index is 0. The minimum Gasteiger partial charge on any atom is -0.399 e. The Bertz CT molecular complexity index is 629. The fraction of sp³-hybridized carbons (Fsp3) is 0.312. The Kier molecular flexibility index (Phi) is 8.77. The van der Waals surface area contributed by atoms with E-state index in [1.807, 2.05) is 30.3 Å². The highest BCUT2D eigenvalue weighted by Gasteiger charge is 2.07. The van der Waals surface area contributed by atoms with Crippen LogP contribution in [0.3, 0.4) is 0 Å².